The molecule has 126 valence electrons. The van der Waals surface area contributed by atoms with Crippen molar-refractivity contribution in [1.29, 1.82) is 0 Å². The van der Waals surface area contributed by atoms with Crippen molar-refractivity contribution in [3.05, 3.63) is 34.9 Å². The molecule has 0 aromatic carbocycles. The molecule has 1 aliphatic rings. The van der Waals surface area contributed by atoms with Gasteiger partial charge in [0.15, 0.2) is 6.29 Å². The number of unbranched alkanes of at least 4 members (excludes halogenated alkanes) is 1. The van der Waals surface area contributed by atoms with E-state index in [4.69, 9.17) is 9.47 Å². The molecule has 0 aromatic heterocycles. The lowest BCUT2D eigenvalue weighted by Crippen LogP contribution is -2.06. The molecule has 22 heavy (non-hydrogen) atoms. The maximum absolute atomic E-state index is 5.44. The monoisotopic (exact) mass is 306 g/mol. The maximum Gasteiger partial charge on any atom is 0.157 e. The van der Waals surface area contributed by atoms with E-state index in [-0.39, 0.29) is 6.29 Å². The molecular weight excluding hydrogens is 272 g/mol. The Morgan fingerprint density at radius 2 is 1.36 bits per heavy atom. The second kappa shape index (κ2) is 11.7. The Bertz CT molecular complexity index is 381. The summed E-state index contributed by atoms with van der Waals surface area (Å²) in [5.74, 6) is 0. The zero-order valence-corrected chi connectivity index (χ0v) is 15.0. The molecule has 1 aliphatic heterocycles. The second-order valence-corrected chi connectivity index (χ2v) is 6.56. The van der Waals surface area contributed by atoms with Crippen LogP contribution in [0.25, 0.3) is 0 Å². The van der Waals surface area contributed by atoms with Crippen LogP contribution in [-0.2, 0) is 9.47 Å². The average Bonchev–Trinajstić information content (AvgIpc) is 2.96. The van der Waals surface area contributed by atoms with Crippen LogP contribution in [0.2, 0.25) is 0 Å². The zero-order chi connectivity index (χ0) is 16.2. The van der Waals surface area contributed by atoms with E-state index < -0.39 is 0 Å². The Balaban J connectivity index is 2.08. The minimum absolute atomic E-state index is 0.0556. The third-order valence-corrected chi connectivity index (χ3v) is 3.95. The summed E-state index contributed by atoms with van der Waals surface area (Å²) in [7, 11) is 0. The van der Waals surface area contributed by atoms with Crippen molar-refractivity contribution in [3.8, 4) is 0 Å². The summed E-state index contributed by atoms with van der Waals surface area (Å²) >= 11 is 0. The van der Waals surface area contributed by atoms with Crippen molar-refractivity contribution < 1.29 is 9.47 Å². The maximum atomic E-state index is 5.44. The first-order valence-electron chi connectivity index (χ1n) is 8.75. The molecule has 0 bridgehead atoms. The molecule has 0 radical (unpaired) electrons. The van der Waals surface area contributed by atoms with Crippen molar-refractivity contribution in [1.82, 2.24) is 0 Å². The van der Waals surface area contributed by atoms with Gasteiger partial charge in [0, 0.05) is 0 Å². The van der Waals surface area contributed by atoms with Gasteiger partial charge in [0.05, 0.1) is 13.2 Å². The van der Waals surface area contributed by atoms with Crippen molar-refractivity contribution in [2.24, 2.45) is 0 Å². The van der Waals surface area contributed by atoms with Crippen molar-refractivity contribution in [2.75, 3.05) is 13.2 Å². The van der Waals surface area contributed by atoms with Gasteiger partial charge < -0.3 is 9.47 Å². The first kappa shape index (κ1) is 19.2. The number of ether oxygens (including phenoxy) is 2. The fraction of sp³-hybridized carbons (Fsp3) is 0.700. The third-order valence-electron chi connectivity index (χ3n) is 3.95. The van der Waals surface area contributed by atoms with Crippen LogP contribution in [0.4, 0.5) is 0 Å². The van der Waals surface area contributed by atoms with Gasteiger partial charge in [0.25, 0.3) is 0 Å². The molecular formula is C20H34O2. The molecule has 0 saturated carbocycles. The van der Waals surface area contributed by atoms with E-state index in [2.05, 4.69) is 45.9 Å². The lowest BCUT2D eigenvalue weighted by atomic mass is 10.1. The standard InChI is InChI=1S/C20H34O2/c1-17(2)9-7-11-19(4)13-8-12-18(3)10-5-6-14-20-21-15-16-22-20/h9-10,13,20H,5-8,11-12,14-16H2,1-4H3/b18-10-,19-13-. The fourth-order valence-corrected chi connectivity index (χ4v) is 2.55. The Hall–Kier alpha value is -0.860. The highest BCUT2D eigenvalue weighted by molar-refractivity contribution is 5.05. The van der Waals surface area contributed by atoms with Crippen LogP contribution >= 0.6 is 0 Å². The van der Waals surface area contributed by atoms with Crippen LogP contribution in [0.3, 0.4) is 0 Å². The molecule has 1 fully saturated rings. The topological polar surface area (TPSA) is 18.5 Å². The van der Waals surface area contributed by atoms with Crippen LogP contribution in [0.1, 0.15) is 72.6 Å². The minimum atomic E-state index is 0.0556. The van der Waals surface area contributed by atoms with Gasteiger partial charge in [0.2, 0.25) is 0 Å². The summed E-state index contributed by atoms with van der Waals surface area (Å²) in [4.78, 5) is 0. The Morgan fingerprint density at radius 1 is 0.818 bits per heavy atom. The van der Waals surface area contributed by atoms with Crippen molar-refractivity contribution >= 4 is 0 Å². The molecule has 2 nitrogen and oxygen atoms in total. The van der Waals surface area contributed by atoms with Gasteiger partial charge in [-0.15, -0.1) is 0 Å². The summed E-state index contributed by atoms with van der Waals surface area (Å²) in [5.41, 5.74) is 4.43. The lowest BCUT2D eigenvalue weighted by molar-refractivity contribution is -0.0474. The molecule has 1 heterocycles. The van der Waals surface area contributed by atoms with Crippen LogP contribution in [0, 0.1) is 0 Å². The van der Waals surface area contributed by atoms with E-state index in [1.807, 2.05) is 0 Å². The van der Waals surface area contributed by atoms with Crippen LogP contribution in [0.5, 0.6) is 0 Å². The Kier molecular flexibility index (Phi) is 10.2. The van der Waals surface area contributed by atoms with Gasteiger partial charge in [-0.25, -0.2) is 0 Å². The summed E-state index contributed by atoms with van der Waals surface area (Å²) < 4.78 is 10.9. The van der Waals surface area contributed by atoms with Gasteiger partial charge in [-0.2, -0.15) is 0 Å². The smallest absolute Gasteiger partial charge is 0.157 e. The fourth-order valence-electron chi connectivity index (χ4n) is 2.55. The summed E-state index contributed by atoms with van der Waals surface area (Å²) in [5, 5.41) is 0. The van der Waals surface area contributed by atoms with E-state index in [9.17, 15) is 0 Å². The Labute approximate surface area is 137 Å². The molecule has 1 rings (SSSR count). The van der Waals surface area contributed by atoms with Gasteiger partial charge in [-0.1, -0.05) is 34.9 Å². The highest BCUT2D eigenvalue weighted by Gasteiger charge is 2.14. The van der Waals surface area contributed by atoms with Crippen LogP contribution < -0.4 is 0 Å². The van der Waals surface area contributed by atoms with Crippen molar-refractivity contribution in [2.45, 2.75) is 78.9 Å². The molecule has 0 atom stereocenters. The quantitative estimate of drug-likeness (QED) is 0.367. The third kappa shape index (κ3) is 9.97. The molecule has 0 amide bonds. The van der Waals surface area contributed by atoms with Gasteiger partial charge >= 0.3 is 0 Å². The molecule has 2 heteroatoms. The zero-order valence-electron chi connectivity index (χ0n) is 15.0. The van der Waals surface area contributed by atoms with Crippen LogP contribution in [-0.4, -0.2) is 19.5 Å². The second-order valence-electron chi connectivity index (χ2n) is 6.56. The number of hydrogen-bond donors (Lipinski definition) is 0. The number of hydrogen-bond acceptors (Lipinski definition) is 2. The molecule has 0 spiro atoms. The van der Waals surface area contributed by atoms with Crippen LogP contribution in [0.15, 0.2) is 34.9 Å². The first-order valence-corrected chi connectivity index (χ1v) is 8.75. The van der Waals surface area contributed by atoms with Gasteiger partial charge in [0.1, 0.15) is 0 Å². The first-order chi connectivity index (χ1) is 10.6. The summed E-state index contributed by atoms with van der Waals surface area (Å²) in [6.45, 7) is 10.3. The highest BCUT2D eigenvalue weighted by atomic mass is 16.7. The molecule has 0 N–H and O–H groups in total. The van der Waals surface area contributed by atoms with E-state index in [0.717, 1.165) is 38.9 Å². The molecule has 0 aromatic rings. The lowest BCUT2D eigenvalue weighted by Gasteiger charge is -2.07. The number of allylic oxidation sites excluding steroid dienone is 6. The summed E-state index contributed by atoms with van der Waals surface area (Å²) in [6.07, 6.45) is 15.2. The highest BCUT2D eigenvalue weighted by Crippen LogP contribution is 2.15. The largest absolute Gasteiger partial charge is 0.350 e. The molecule has 0 aliphatic carbocycles. The van der Waals surface area contributed by atoms with E-state index in [1.54, 1.807) is 0 Å². The molecule has 1 saturated heterocycles. The molecule has 0 unspecified atom stereocenters. The van der Waals surface area contributed by atoms with E-state index >= 15 is 0 Å². The minimum Gasteiger partial charge on any atom is -0.350 e. The Morgan fingerprint density at radius 3 is 1.95 bits per heavy atom. The normalized spacial score (nSPS) is 17.1. The number of rotatable bonds is 10. The van der Waals surface area contributed by atoms with E-state index in [1.165, 1.54) is 36.0 Å². The van der Waals surface area contributed by atoms with Gasteiger partial charge in [-0.05, 0) is 72.6 Å². The average molecular weight is 306 g/mol. The SMILES string of the molecule is CC(C)=CCC/C(C)=C\CC/C(C)=C\CCCC1OCCO1. The van der Waals surface area contributed by atoms with E-state index in [0.29, 0.717) is 0 Å². The predicted molar refractivity (Wildman–Crippen MR) is 95.0 cm³/mol. The van der Waals surface area contributed by atoms with Crippen molar-refractivity contribution in [3.63, 3.8) is 0 Å². The summed E-state index contributed by atoms with van der Waals surface area (Å²) in [6, 6.07) is 0. The predicted octanol–water partition coefficient (Wildman–Crippen LogP) is 5.95. The van der Waals surface area contributed by atoms with Gasteiger partial charge in [-0.3, -0.25) is 0 Å².